The van der Waals surface area contributed by atoms with Crippen LogP contribution in [-0.4, -0.2) is 59.2 Å². The van der Waals surface area contributed by atoms with Gasteiger partial charge in [0.25, 0.3) is 0 Å². The molecule has 2 saturated carbocycles. The van der Waals surface area contributed by atoms with Crippen molar-refractivity contribution >= 4 is 21.6 Å². The highest BCUT2D eigenvalue weighted by atomic mass is 33.1. The number of allylic oxidation sites excluding steroid dienone is 2. The summed E-state index contributed by atoms with van der Waals surface area (Å²) < 4.78 is 111. The largest absolute Gasteiger partial charge is 0.456 e. The summed E-state index contributed by atoms with van der Waals surface area (Å²) in [6.45, 7) is 7.40. The van der Waals surface area contributed by atoms with E-state index in [0.29, 0.717) is 51.4 Å². The fourth-order valence-corrected chi connectivity index (χ4v) is 12.4. The van der Waals surface area contributed by atoms with E-state index < -0.39 is 71.1 Å². The molecule has 2 aliphatic carbocycles. The van der Waals surface area contributed by atoms with Gasteiger partial charge in [0, 0.05) is 48.0 Å². The Labute approximate surface area is 282 Å². The third-order valence-corrected chi connectivity index (χ3v) is 14.6. The maximum atomic E-state index is 14.6. The SMILES string of the molecule is C[C@@H]1CC[C@H]2C(CSSCC3=C(C(F)(F)F)O[C@@H]4O[C@]5(C)CCC6[C@H](C)CC[C@@H]3[C@]64OO5)=C(C(F)(F)F)O[C@@H]3O[C@@]4(C)CCC1[C@]32OO4. The molecule has 0 radical (unpaired) electrons. The van der Waals surface area contributed by atoms with Crippen molar-refractivity contribution in [3.63, 3.8) is 0 Å². The molecule has 6 saturated heterocycles. The maximum absolute atomic E-state index is 14.6. The average molecular weight is 731 g/mol. The van der Waals surface area contributed by atoms with Crippen LogP contribution in [0.2, 0.25) is 0 Å². The number of halogens is 6. The zero-order valence-electron chi connectivity index (χ0n) is 27.0. The number of ether oxygens (including phenoxy) is 4. The van der Waals surface area contributed by atoms with Crippen LogP contribution in [0.15, 0.2) is 22.7 Å². The first-order chi connectivity index (χ1) is 22.5. The monoisotopic (exact) mass is 730 g/mol. The standard InChI is InChI=1S/C32H40F6O8S2/c1-15-5-7-21-17(23(31(33,34)35)39-25-29(21)19(15)9-11-27(3,41-25)43-45-29)13-47-48-14-18-22-8-6-16(2)20-10-12-28(4)42-26(30(20,22)46-44-28)40-24(18)32(36,37)38/h15-16,19-22,25-26H,5-14H2,1-4H3/t15-,16-,19?,20?,21+,22+,25-,26-,27-,28+,29-,30-/m1/s1. The molecule has 8 nitrogen and oxygen atoms in total. The van der Waals surface area contributed by atoms with Gasteiger partial charge in [-0.2, -0.15) is 26.3 Å². The Balaban J connectivity index is 1.09. The van der Waals surface area contributed by atoms with E-state index in [1.165, 1.54) is 0 Å². The summed E-state index contributed by atoms with van der Waals surface area (Å²) in [5.74, 6) is -6.45. The van der Waals surface area contributed by atoms with Crippen molar-refractivity contribution in [1.82, 2.24) is 0 Å². The van der Waals surface area contributed by atoms with Crippen molar-refractivity contribution in [2.45, 2.75) is 127 Å². The summed E-state index contributed by atoms with van der Waals surface area (Å²) in [6, 6.07) is 0. The van der Waals surface area contributed by atoms with Gasteiger partial charge in [0.2, 0.25) is 35.7 Å². The van der Waals surface area contributed by atoms with Crippen LogP contribution in [0.3, 0.4) is 0 Å². The Morgan fingerprint density at radius 1 is 0.604 bits per heavy atom. The highest BCUT2D eigenvalue weighted by Gasteiger charge is 2.72. The van der Waals surface area contributed by atoms with E-state index in [-0.39, 0.29) is 46.3 Å². The van der Waals surface area contributed by atoms with Gasteiger partial charge in [-0.15, -0.1) is 0 Å². The quantitative estimate of drug-likeness (QED) is 0.119. The highest BCUT2D eigenvalue weighted by molar-refractivity contribution is 8.76. The van der Waals surface area contributed by atoms with Crippen molar-refractivity contribution in [2.24, 2.45) is 35.5 Å². The molecule has 10 rings (SSSR count). The summed E-state index contributed by atoms with van der Waals surface area (Å²) in [4.78, 5) is 23.6. The molecule has 8 aliphatic heterocycles. The van der Waals surface area contributed by atoms with Gasteiger partial charge in [0.05, 0.1) is 0 Å². The van der Waals surface area contributed by atoms with Crippen molar-refractivity contribution in [2.75, 3.05) is 11.5 Å². The molecule has 4 bridgehead atoms. The molecular weight excluding hydrogens is 690 g/mol. The fraction of sp³-hybridized carbons (Fsp3) is 0.875. The number of fused-ring (bicyclic) bond motifs is 4. The Bertz CT molecular complexity index is 1290. The van der Waals surface area contributed by atoms with Gasteiger partial charge in [-0.1, -0.05) is 35.4 Å². The second-order valence-electron chi connectivity index (χ2n) is 15.2. The molecule has 12 atom stereocenters. The van der Waals surface area contributed by atoms with E-state index in [1.54, 1.807) is 13.8 Å². The summed E-state index contributed by atoms with van der Waals surface area (Å²) in [7, 11) is 2.12. The Kier molecular flexibility index (Phi) is 8.06. The minimum absolute atomic E-state index is 0.0152. The second-order valence-corrected chi connectivity index (χ2v) is 17.6. The van der Waals surface area contributed by atoms with Gasteiger partial charge >= 0.3 is 12.4 Å². The molecule has 48 heavy (non-hydrogen) atoms. The highest BCUT2D eigenvalue weighted by Crippen LogP contribution is 2.64. The van der Waals surface area contributed by atoms with Crippen LogP contribution in [0.4, 0.5) is 26.3 Å². The molecule has 270 valence electrons. The molecule has 0 N–H and O–H groups in total. The molecule has 0 aromatic rings. The van der Waals surface area contributed by atoms with E-state index >= 15 is 0 Å². The number of alkyl halides is 6. The van der Waals surface area contributed by atoms with Crippen LogP contribution in [0.1, 0.15) is 79.1 Å². The van der Waals surface area contributed by atoms with E-state index in [0.717, 1.165) is 21.6 Å². The first-order valence-corrected chi connectivity index (χ1v) is 19.3. The zero-order valence-corrected chi connectivity index (χ0v) is 28.7. The lowest BCUT2D eigenvalue weighted by Gasteiger charge is -2.57. The van der Waals surface area contributed by atoms with Gasteiger partial charge in [-0.3, -0.25) is 0 Å². The molecule has 0 amide bonds. The molecule has 2 spiro atoms. The van der Waals surface area contributed by atoms with Crippen LogP contribution < -0.4 is 0 Å². The summed E-state index contributed by atoms with van der Waals surface area (Å²) in [6.07, 6.45) is -7.89. The third-order valence-electron chi connectivity index (χ3n) is 12.3. The second kappa shape index (κ2) is 11.3. The van der Waals surface area contributed by atoms with Crippen LogP contribution in [0.25, 0.3) is 0 Å². The van der Waals surface area contributed by atoms with E-state index in [9.17, 15) is 26.3 Å². The minimum Gasteiger partial charge on any atom is -0.456 e. The molecule has 10 aliphatic rings. The van der Waals surface area contributed by atoms with Crippen molar-refractivity contribution < 1.29 is 64.8 Å². The maximum Gasteiger partial charge on any atom is 0.449 e. The first kappa shape index (κ1) is 34.2. The Hall–Kier alpha value is -0.880. The lowest BCUT2D eigenvalue weighted by atomic mass is 9.59. The molecular formula is C32H40F6O8S2. The normalized spacial score (nSPS) is 48.3. The van der Waals surface area contributed by atoms with Crippen LogP contribution >= 0.6 is 21.6 Å². The Morgan fingerprint density at radius 3 is 1.38 bits per heavy atom. The van der Waals surface area contributed by atoms with Gasteiger partial charge in [0.1, 0.15) is 0 Å². The average Bonchev–Trinajstić information content (AvgIpc) is 3.38. The molecule has 2 unspecified atom stereocenters. The van der Waals surface area contributed by atoms with E-state index in [1.807, 2.05) is 0 Å². The van der Waals surface area contributed by atoms with Crippen LogP contribution in [0.5, 0.6) is 0 Å². The predicted molar refractivity (Wildman–Crippen MR) is 159 cm³/mol. The molecule has 8 fully saturated rings. The zero-order chi connectivity index (χ0) is 34.1. The van der Waals surface area contributed by atoms with Gasteiger partial charge in [-0.25, -0.2) is 19.6 Å². The van der Waals surface area contributed by atoms with E-state index in [2.05, 4.69) is 13.8 Å². The molecule has 0 aromatic heterocycles. The summed E-state index contributed by atoms with van der Waals surface area (Å²) in [5.41, 5.74) is -2.50. The molecule has 8 heterocycles. The van der Waals surface area contributed by atoms with Crippen molar-refractivity contribution in [3.05, 3.63) is 22.7 Å². The van der Waals surface area contributed by atoms with Crippen LogP contribution in [-0.2, 0) is 38.5 Å². The lowest BCUT2D eigenvalue weighted by Crippen LogP contribution is -2.67. The number of hydrogen-bond donors (Lipinski definition) is 0. The van der Waals surface area contributed by atoms with Gasteiger partial charge in [-0.05, 0) is 75.4 Å². The first-order valence-electron chi connectivity index (χ1n) is 16.8. The fourth-order valence-electron chi connectivity index (χ4n) is 10.0. The van der Waals surface area contributed by atoms with Crippen molar-refractivity contribution in [3.8, 4) is 0 Å². The van der Waals surface area contributed by atoms with Gasteiger partial charge < -0.3 is 18.9 Å². The molecule has 16 heteroatoms. The third kappa shape index (κ3) is 5.03. The minimum atomic E-state index is -4.81. The van der Waals surface area contributed by atoms with Gasteiger partial charge in [0.15, 0.2) is 11.2 Å². The van der Waals surface area contributed by atoms with Crippen LogP contribution in [0, 0.1) is 35.5 Å². The summed E-state index contributed by atoms with van der Waals surface area (Å²) in [5, 5.41) is 0. The van der Waals surface area contributed by atoms with E-state index in [4.69, 9.17) is 38.5 Å². The van der Waals surface area contributed by atoms with Crippen molar-refractivity contribution in [1.29, 1.82) is 0 Å². The Morgan fingerprint density at radius 2 is 1.00 bits per heavy atom. The number of hydrogen-bond acceptors (Lipinski definition) is 10. The smallest absolute Gasteiger partial charge is 0.449 e. The topological polar surface area (TPSA) is 73.8 Å². The number of rotatable bonds is 5. The summed E-state index contributed by atoms with van der Waals surface area (Å²) >= 11 is 0. The molecule has 0 aromatic carbocycles. The lowest BCUT2D eigenvalue weighted by molar-refractivity contribution is -0.557. The predicted octanol–water partition coefficient (Wildman–Crippen LogP) is 8.49.